The van der Waals surface area contributed by atoms with Crippen molar-refractivity contribution >= 4 is 10.0 Å². The summed E-state index contributed by atoms with van der Waals surface area (Å²) in [7, 11) is -3.18. The Morgan fingerprint density at radius 1 is 1.20 bits per heavy atom. The molecule has 0 bridgehead atoms. The van der Waals surface area contributed by atoms with Gasteiger partial charge in [0, 0.05) is 25.5 Å². The number of rotatable bonds is 10. The van der Waals surface area contributed by atoms with Crippen molar-refractivity contribution in [2.75, 3.05) is 25.4 Å². The molecule has 0 fully saturated rings. The van der Waals surface area contributed by atoms with Gasteiger partial charge in [-0.15, -0.1) is 0 Å². The Hall–Kier alpha value is -0.980. The highest BCUT2D eigenvalue weighted by molar-refractivity contribution is 7.89. The van der Waals surface area contributed by atoms with E-state index < -0.39 is 10.0 Å². The summed E-state index contributed by atoms with van der Waals surface area (Å²) in [6, 6.07) is 3.70. The summed E-state index contributed by atoms with van der Waals surface area (Å²) >= 11 is 0. The Kier molecular flexibility index (Phi) is 7.72. The first-order chi connectivity index (χ1) is 9.60. The van der Waals surface area contributed by atoms with Gasteiger partial charge in [-0.3, -0.25) is 4.98 Å². The lowest BCUT2D eigenvalue weighted by atomic mass is 10.3. The predicted octanol–water partition coefficient (Wildman–Crippen LogP) is 1.62. The molecule has 0 saturated heterocycles. The van der Waals surface area contributed by atoms with Crippen LogP contribution in [0.15, 0.2) is 24.5 Å². The summed E-state index contributed by atoms with van der Waals surface area (Å²) in [4.78, 5) is 3.94. The molecule has 5 nitrogen and oxygen atoms in total. The largest absolute Gasteiger partial charge is 0.317 e. The van der Waals surface area contributed by atoms with E-state index in [1.54, 1.807) is 12.4 Å². The van der Waals surface area contributed by atoms with Gasteiger partial charge in [0.1, 0.15) is 0 Å². The summed E-state index contributed by atoms with van der Waals surface area (Å²) in [6.45, 7) is 6.57. The average molecular weight is 299 g/mol. The van der Waals surface area contributed by atoms with Gasteiger partial charge in [-0.2, -0.15) is 4.31 Å². The molecule has 1 rings (SSSR count). The van der Waals surface area contributed by atoms with Gasteiger partial charge >= 0.3 is 0 Å². The van der Waals surface area contributed by atoms with Crippen molar-refractivity contribution < 1.29 is 8.42 Å². The fraction of sp³-hybridized carbons (Fsp3) is 0.643. The van der Waals surface area contributed by atoms with Crippen molar-refractivity contribution in [1.29, 1.82) is 0 Å². The molecule has 0 spiro atoms. The molecular formula is C14H25N3O2S. The predicted molar refractivity (Wildman–Crippen MR) is 81.9 cm³/mol. The van der Waals surface area contributed by atoms with Gasteiger partial charge in [-0.1, -0.05) is 13.8 Å². The second-order valence-electron chi connectivity index (χ2n) is 4.70. The minimum absolute atomic E-state index is 0.197. The standard InChI is InChI=1S/C14H25N3O2S/c1-3-8-15-9-5-12-20(18,19)17(4-2)13-14-6-10-16-11-7-14/h6-7,10-11,15H,3-5,8-9,12-13H2,1-2H3. The number of hydrogen-bond donors (Lipinski definition) is 1. The molecule has 0 atom stereocenters. The molecule has 114 valence electrons. The van der Waals surface area contributed by atoms with Crippen LogP contribution in [0.4, 0.5) is 0 Å². The smallest absolute Gasteiger partial charge is 0.214 e. The number of hydrogen-bond acceptors (Lipinski definition) is 4. The highest BCUT2D eigenvalue weighted by atomic mass is 32.2. The fourth-order valence-corrected chi connectivity index (χ4v) is 3.42. The van der Waals surface area contributed by atoms with E-state index in [1.807, 2.05) is 19.1 Å². The van der Waals surface area contributed by atoms with Gasteiger partial charge < -0.3 is 5.32 Å². The van der Waals surface area contributed by atoms with Gasteiger partial charge in [-0.05, 0) is 43.6 Å². The lowest BCUT2D eigenvalue weighted by molar-refractivity contribution is 0.422. The number of pyridine rings is 1. The third-order valence-electron chi connectivity index (χ3n) is 3.04. The SMILES string of the molecule is CCCNCCCS(=O)(=O)N(CC)Cc1ccncc1. The van der Waals surface area contributed by atoms with Crippen molar-refractivity contribution in [2.45, 2.75) is 33.2 Å². The van der Waals surface area contributed by atoms with Crippen molar-refractivity contribution in [1.82, 2.24) is 14.6 Å². The average Bonchev–Trinajstić information content (AvgIpc) is 2.45. The van der Waals surface area contributed by atoms with E-state index in [2.05, 4.69) is 17.2 Å². The second-order valence-corrected chi connectivity index (χ2v) is 6.79. The minimum Gasteiger partial charge on any atom is -0.317 e. The van der Waals surface area contributed by atoms with Crippen LogP contribution in [-0.4, -0.2) is 43.1 Å². The molecule has 1 aromatic heterocycles. The van der Waals surface area contributed by atoms with Crippen molar-refractivity contribution in [3.05, 3.63) is 30.1 Å². The Morgan fingerprint density at radius 3 is 2.50 bits per heavy atom. The van der Waals surface area contributed by atoms with Crippen LogP contribution in [0.25, 0.3) is 0 Å². The molecule has 0 unspecified atom stereocenters. The Bertz CT molecular complexity index is 463. The van der Waals surface area contributed by atoms with Crippen LogP contribution in [0.3, 0.4) is 0 Å². The van der Waals surface area contributed by atoms with E-state index >= 15 is 0 Å². The molecule has 0 amide bonds. The van der Waals surface area contributed by atoms with Gasteiger partial charge in [0.2, 0.25) is 10.0 Å². The summed E-state index contributed by atoms with van der Waals surface area (Å²) in [5.74, 6) is 0.197. The maximum absolute atomic E-state index is 12.3. The first-order valence-electron chi connectivity index (χ1n) is 7.17. The lowest BCUT2D eigenvalue weighted by Crippen LogP contribution is -2.33. The summed E-state index contributed by atoms with van der Waals surface area (Å²) in [5, 5.41) is 3.22. The van der Waals surface area contributed by atoms with Gasteiger partial charge in [0.25, 0.3) is 0 Å². The maximum Gasteiger partial charge on any atom is 0.214 e. The zero-order valence-corrected chi connectivity index (χ0v) is 13.2. The summed E-state index contributed by atoms with van der Waals surface area (Å²) in [5.41, 5.74) is 0.967. The van der Waals surface area contributed by atoms with E-state index in [4.69, 9.17) is 0 Å². The number of nitrogens with zero attached hydrogens (tertiary/aromatic N) is 2. The molecule has 0 aliphatic carbocycles. The second kappa shape index (κ2) is 9.05. The topological polar surface area (TPSA) is 62.3 Å². The van der Waals surface area contributed by atoms with Crippen LogP contribution in [0.5, 0.6) is 0 Å². The molecule has 20 heavy (non-hydrogen) atoms. The Morgan fingerprint density at radius 2 is 1.90 bits per heavy atom. The lowest BCUT2D eigenvalue weighted by Gasteiger charge is -2.20. The third-order valence-corrected chi connectivity index (χ3v) is 5.02. The zero-order valence-electron chi connectivity index (χ0n) is 12.4. The van der Waals surface area contributed by atoms with Crippen LogP contribution in [0, 0.1) is 0 Å². The summed E-state index contributed by atoms with van der Waals surface area (Å²) < 4.78 is 26.1. The van der Waals surface area contributed by atoms with E-state index in [0.717, 1.165) is 25.1 Å². The summed E-state index contributed by atoms with van der Waals surface area (Å²) in [6.07, 6.45) is 5.08. The molecule has 1 heterocycles. The van der Waals surface area contributed by atoms with E-state index in [9.17, 15) is 8.42 Å². The molecule has 0 aromatic carbocycles. The van der Waals surface area contributed by atoms with Crippen molar-refractivity contribution in [2.24, 2.45) is 0 Å². The molecule has 0 saturated carbocycles. The van der Waals surface area contributed by atoms with E-state index in [0.29, 0.717) is 19.5 Å². The third kappa shape index (κ3) is 5.98. The van der Waals surface area contributed by atoms with E-state index in [-0.39, 0.29) is 5.75 Å². The highest BCUT2D eigenvalue weighted by Gasteiger charge is 2.19. The van der Waals surface area contributed by atoms with Crippen LogP contribution >= 0.6 is 0 Å². The number of aromatic nitrogens is 1. The molecular weight excluding hydrogens is 274 g/mol. The molecule has 0 radical (unpaired) electrons. The Labute approximate surface area is 122 Å². The fourth-order valence-electron chi connectivity index (χ4n) is 1.91. The highest BCUT2D eigenvalue weighted by Crippen LogP contribution is 2.09. The normalized spacial score (nSPS) is 11.9. The van der Waals surface area contributed by atoms with Gasteiger partial charge in [-0.25, -0.2) is 8.42 Å². The van der Waals surface area contributed by atoms with Crippen molar-refractivity contribution in [3.8, 4) is 0 Å². The van der Waals surface area contributed by atoms with Crippen LogP contribution in [-0.2, 0) is 16.6 Å². The molecule has 0 aliphatic rings. The van der Waals surface area contributed by atoms with Gasteiger partial charge in [0.15, 0.2) is 0 Å². The van der Waals surface area contributed by atoms with Crippen molar-refractivity contribution in [3.63, 3.8) is 0 Å². The molecule has 1 N–H and O–H groups in total. The van der Waals surface area contributed by atoms with Crippen LogP contribution < -0.4 is 5.32 Å². The first-order valence-corrected chi connectivity index (χ1v) is 8.78. The molecule has 6 heteroatoms. The quantitative estimate of drug-likeness (QED) is 0.667. The van der Waals surface area contributed by atoms with E-state index in [1.165, 1.54) is 4.31 Å². The molecule has 1 aromatic rings. The maximum atomic E-state index is 12.3. The van der Waals surface area contributed by atoms with Gasteiger partial charge in [0.05, 0.1) is 5.75 Å². The number of sulfonamides is 1. The molecule has 0 aliphatic heterocycles. The minimum atomic E-state index is -3.18. The monoisotopic (exact) mass is 299 g/mol. The van der Waals surface area contributed by atoms with Crippen LogP contribution in [0.1, 0.15) is 32.3 Å². The zero-order chi connectivity index (χ0) is 14.8. The number of nitrogens with one attached hydrogen (secondary N) is 1. The first kappa shape index (κ1) is 17.1. The van der Waals surface area contributed by atoms with Crippen LogP contribution in [0.2, 0.25) is 0 Å². The Balaban J connectivity index is 2.50.